The topological polar surface area (TPSA) is 64.6 Å². The van der Waals surface area contributed by atoms with E-state index in [1.165, 1.54) is 0 Å². The number of hydrogen-bond acceptors (Lipinski definition) is 4. The van der Waals surface area contributed by atoms with E-state index in [9.17, 15) is 9.59 Å². The molecule has 0 aromatic heterocycles. The minimum atomic E-state index is -0.595. The van der Waals surface area contributed by atoms with Crippen LogP contribution in [0.5, 0.6) is 0 Å². The molecule has 2 rings (SSSR count). The normalized spacial score (nSPS) is 16.3. The zero-order valence-electron chi connectivity index (χ0n) is 14.1. The maximum atomic E-state index is 12.1. The molecule has 126 valence electrons. The van der Waals surface area contributed by atoms with Gasteiger partial charge >= 0.3 is 0 Å². The van der Waals surface area contributed by atoms with Crippen LogP contribution in [0, 0.1) is 13.8 Å². The van der Waals surface area contributed by atoms with Gasteiger partial charge in [0.25, 0.3) is 0 Å². The molecule has 1 N–H and O–H groups in total. The van der Waals surface area contributed by atoms with Gasteiger partial charge in [0, 0.05) is 31.4 Å². The Hall–Kier alpha value is -1.72. The highest BCUT2D eigenvalue weighted by Crippen LogP contribution is 2.21. The van der Waals surface area contributed by atoms with E-state index in [1.54, 1.807) is 0 Å². The van der Waals surface area contributed by atoms with Gasteiger partial charge in [-0.25, -0.2) is 0 Å². The quantitative estimate of drug-likeness (QED) is 0.784. The summed E-state index contributed by atoms with van der Waals surface area (Å²) in [6, 6.07) is 5.63. The Labute approximate surface area is 137 Å². The second-order valence-corrected chi connectivity index (χ2v) is 6.15. The van der Waals surface area contributed by atoms with Crippen molar-refractivity contribution in [2.24, 2.45) is 0 Å². The monoisotopic (exact) mass is 319 g/mol. The molecule has 1 heterocycles. The summed E-state index contributed by atoms with van der Waals surface area (Å²) >= 11 is 0. The third-order valence-electron chi connectivity index (χ3n) is 4.21. The lowest BCUT2D eigenvalue weighted by molar-refractivity contribution is -0.146. The average molecular weight is 319 g/mol. The maximum Gasteiger partial charge on any atom is 0.220 e. The highest BCUT2D eigenvalue weighted by Gasteiger charge is 2.30. The predicted octanol–water partition coefficient (Wildman–Crippen LogP) is 2.54. The van der Waals surface area contributed by atoms with Crippen LogP contribution in [0.1, 0.15) is 47.7 Å². The Balaban J connectivity index is 1.71. The SMILES string of the molecule is Cc1ccc(C(=O)CCC(=O)NCCC2(C)OCCO2)cc1C. The number of amides is 1. The maximum absolute atomic E-state index is 12.1. The second kappa shape index (κ2) is 7.70. The number of carbonyl (C=O) groups excluding carboxylic acids is 2. The second-order valence-electron chi connectivity index (χ2n) is 6.15. The molecule has 0 unspecified atom stereocenters. The lowest BCUT2D eigenvalue weighted by Gasteiger charge is -2.22. The van der Waals surface area contributed by atoms with Crippen LogP contribution >= 0.6 is 0 Å². The van der Waals surface area contributed by atoms with Crippen molar-refractivity contribution >= 4 is 11.7 Å². The highest BCUT2D eigenvalue weighted by molar-refractivity contribution is 5.98. The molecule has 5 heteroatoms. The number of hydrogen-bond donors (Lipinski definition) is 1. The predicted molar refractivity (Wildman–Crippen MR) is 87.4 cm³/mol. The Kier molecular flexibility index (Phi) is 5.91. The van der Waals surface area contributed by atoms with Crippen LogP contribution in [-0.4, -0.2) is 37.2 Å². The molecular formula is C18H25NO4. The molecule has 0 aliphatic carbocycles. The number of Topliss-reactive ketones (excluding diaryl/α,β-unsaturated/α-hetero) is 1. The van der Waals surface area contributed by atoms with Crippen LogP contribution in [0.4, 0.5) is 0 Å². The zero-order chi connectivity index (χ0) is 16.9. The van der Waals surface area contributed by atoms with Crippen LogP contribution in [-0.2, 0) is 14.3 Å². The van der Waals surface area contributed by atoms with Crippen LogP contribution in [0.2, 0.25) is 0 Å². The number of ether oxygens (including phenoxy) is 2. The van der Waals surface area contributed by atoms with Crippen molar-refractivity contribution in [2.45, 2.75) is 45.8 Å². The third-order valence-corrected chi connectivity index (χ3v) is 4.21. The summed E-state index contributed by atoms with van der Waals surface area (Å²) in [6.45, 7) is 7.52. The van der Waals surface area contributed by atoms with E-state index in [1.807, 2.05) is 39.0 Å². The van der Waals surface area contributed by atoms with Crippen LogP contribution in [0.15, 0.2) is 18.2 Å². The molecule has 1 saturated heterocycles. The molecule has 0 spiro atoms. The molecule has 1 aliphatic heterocycles. The summed E-state index contributed by atoms with van der Waals surface area (Å²) in [6.07, 6.45) is 1.02. The van der Waals surface area contributed by atoms with E-state index in [-0.39, 0.29) is 24.5 Å². The minimum absolute atomic E-state index is 0.00216. The Bertz CT molecular complexity index is 576. The number of nitrogens with one attached hydrogen (secondary N) is 1. The van der Waals surface area contributed by atoms with Crippen LogP contribution < -0.4 is 5.32 Å². The summed E-state index contributed by atoms with van der Waals surface area (Å²) in [5.74, 6) is -0.718. The number of ketones is 1. The Morgan fingerprint density at radius 3 is 2.48 bits per heavy atom. The first kappa shape index (κ1) is 17.6. The van der Waals surface area contributed by atoms with E-state index in [4.69, 9.17) is 9.47 Å². The fraction of sp³-hybridized carbons (Fsp3) is 0.556. The summed E-state index contributed by atoms with van der Waals surface area (Å²) < 4.78 is 10.9. The molecule has 1 aliphatic rings. The van der Waals surface area contributed by atoms with Crippen molar-refractivity contribution in [3.05, 3.63) is 34.9 Å². The summed E-state index contributed by atoms with van der Waals surface area (Å²) in [4.78, 5) is 24.0. The van der Waals surface area contributed by atoms with E-state index in [2.05, 4.69) is 5.32 Å². The molecule has 0 bridgehead atoms. The van der Waals surface area contributed by atoms with Gasteiger partial charge in [-0.15, -0.1) is 0 Å². The number of rotatable bonds is 7. The van der Waals surface area contributed by atoms with E-state index >= 15 is 0 Å². The van der Waals surface area contributed by atoms with Gasteiger partial charge in [-0.05, 0) is 38.0 Å². The minimum Gasteiger partial charge on any atom is -0.356 e. The van der Waals surface area contributed by atoms with E-state index < -0.39 is 5.79 Å². The summed E-state index contributed by atoms with van der Waals surface area (Å²) in [5.41, 5.74) is 2.91. The first-order valence-corrected chi connectivity index (χ1v) is 8.05. The van der Waals surface area contributed by atoms with Crippen molar-refractivity contribution in [1.82, 2.24) is 5.32 Å². The highest BCUT2D eigenvalue weighted by atomic mass is 16.7. The molecule has 1 aromatic rings. The lowest BCUT2D eigenvalue weighted by Crippen LogP contribution is -2.33. The molecular weight excluding hydrogens is 294 g/mol. The standard InChI is InChI=1S/C18H25NO4/c1-13-4-5-15(12-14(13)2)16(20)6-7-17(21)19-9-8-18(3)22-10-11-23-18/h4-5,12H,6-11H2,1-3H3,(H,19,21). The molecule has 0 saturated carbocycles. The van der Waals surface area contributed by atoms with Gasteiger partial charge in [-0.2, -0.15) is 0 Å². The molecule has 1 aromatic carbocycles. The Morgan fingerprint density at radius 2 is 1.83 bits per heavy atom. The molecule has 1 fully saturated rings. The number of aryl methyl sites for hydroxylation is 2. The van der Waals surface area contributed by atoms with Gasteiger partial charge in [0.05, 0.1) is 13.2 Å². The van der Waals surface area contributed by atoms with Gasteiger partial charge in [0.1, 0.15) is 0 Å². The van der Waals surface area contributed by atoms with E-state index in [0.29, 0.717) is 31.7 Å². The largest absolute Gasteiger partial charge is 0.356 e. The number of benzene rings is 1. The van der Waals surface area contributed by atoms with Crippen molar-refractivity contribution in [2.75, 3.05) is 19.8 Å². The Morgan fingerprint density at radius 1 is 1.13 bits per heavy atom. The van der Waals surface area contributed by atoms with Gasteiger partial charge in [0.2, 0.25) is 5.91 Å². The molecule has 1 amide bonds. The van der Waals surface area contributed by atoms with Gasteiger partial charge in [-0.1, -0.05) is 12.1 Å². The molecule has 5 nitrogen and oxygen atoms in total. The first-order valence-electron chi connectivity index (χ1n) is 8.05. The molecule has 0 radical (unpaired) electrons. The lowest BCUT2D eigenvalue weighted by atomic mass is 10.0. The van der Waals surface area contributed by atoms with Crippen molar-refractivity contribution in [3.8, 4) is 0 Å². The average Bonchev–Trinajstić information content (AvgIpc) is 2.94. The first-order chi connectivity index (χ1) is 10.9. The van der Waals surface area contributed by atoms with Crippen LogP contribution in [0.25, 0.3) is 0 Å². The zero-order valence-corrected chi connectivity index (χ0v) is 14.1. The van der Waals surface area contributed by atoms with Crippen LogP contribution in [0.3, 0.4) is 0 Å². The van der Waals surface area contributed by atoms with Gasteiger partial charge in [0.15, 0.2) is 11.6 Å². The van der Waals surface area contributed by atoms with Gasteiger partial charge < -0.3 is 14.8 Å². The summed E-state index contributed by atoms with van der Waals surface area (Å²) in [5, 5.41) is 2.81. The smallest absolute Gasteiger partial charge is 0.220 e. The molecule has 23 heavy (non-hydrogen) atoms. The third kappa shape index (κ3) is 5.15. The van der Waals surface area contributed by atoms with Crippen molar-refractivity contribution < 1.29 is 19.1 Å². The fourth-order valence-corrected chi connectivity index (χ4v) is 2.50. The van der Waals surface area contributed by atoms with Crippen molar-refractivity contribution in [1.29, 1.82) is 0 Å². The van der Waals surface area contributed by atoms with E-state index in [0.717, 1.165) is 11.1 Å². The molecule has 0 atom stereocenters. The fourth-order valence-electron chi connectivity index (χ4n) is 2.50. The summed E-state index contributed by atoms with van der Waals surface area (Å²) in [7, 11) is 0. The number of carbonyl (C=O) groups is 2. The van der Waals surface area contributed by atoms with Crippen molar-refractivity contribution in [3.63, 3.8) is 0 Å². The van der Waals surface area contributed by atoms with Gasteiger partial charge in [-0.3, -0.25) is 9.59 Å².